The molecule has 5 nitrogen and oxygen atoms in total. The van der Waals surface area contributed by atoms with E-state index in [0.717, 1.165) is 6.08 Å². The lowest BCUT2D eigenvalue weighted by molar-refractivity contribution is -0.164. The van der Waals surface area contributed by atoms with Crippen molar-refractivity contribution in [1.82, 2.24) is 0 Å². The Morgan fingerprint density at radius 2 is 2.00 bits per heavy atom. The molecular weight excluding hydrogens is 176 g/mol. The second-order valence-corrected chi connectivity index (χ2v) is 2.66. The first-order chi connectivity index (χ1) is 5.97. The van der Waals surface area contributed by atoms with Crippen molar-refractivity contribution in [3.05, 3.63) is 11.6 Å². The number of ether oxygens (including phenoxy) is 1. The van der Waals surface area contributed by atoms with Crippen LogP contribution in [0, 0.1) is 0 Å². The van der Waals surface area contributed by atoms with E-state index in [0.29, 0.717) is 5.57 Å². The van der Waals surface area contributed by atoms with Crippen LogP contribution in [0.25, 0.3) is 0 Å². The largest absolute Gasteiger partial charge is 0.393 e. The molecule has 0 aliphatic heterocycles. The predicted molar refractivity (Wildman–Crippen MR) is 43.6 cm³/mol. The fourth-order valence-electron chi connectivity index (χ4n) is 0.507. The van der Waals surface area contributed by atoms with Gasteiger partial charge in [0.2, 0.25) is 0 Å². The molecule has 0 bridgehead atoms. The van der Waals surface area contributed by atoms with Gasteiger partial charge in [0.1, 0.15) is 0 Å². The molecule has 1 unspecified atom stereocenters. The maximum absolute atomic E-state index is 10.8. The highest BCUT2D eigenvalue weighted by Crippen LogP contribution is 1.93. The van der Waals surface area contributed by atoms with Gasteiger partial charge in [-0.2, -0.15) is 0 Å². The summed E-state index contributed by atoms with van der Waals surface area (Å²) in [5, 5.41) is 17.0. The van der Waals surface area contributed by atoms with Crippen molar-refractivity contribution in [3.63, 3.8) is 0 Å². The molecule has 0 spiro atoms. The molecule has 5 heteroatoms. The molecule has 0 amide bonds. The summed E-state index contributed by atoms with van der Waals surface area (Å²) in [5.74, 6) is -2.00. The van der Waals surface area contributed by atoms with Crippen LogP contribution in [0.2, 0.25) is 0 Å². The summed E-state index contributed by atoms with van der Waals surface area (Å²) < 4.78 is 4.15. The van der Waals surface area contributed by atoms with Crippen molar-refractivity contribution >= 4 is 11.9 Å². The first-order valence-electron chi connectivity index (χ1n) is 3.67. The quantitative estimate of drug-likeness (QED) is 0.350. The van der Waals surface area contributed by atoms with Crippen molar-refractivity contribution in [2.45, 2.75) is 20.0 Å². The molecule has 0 aromatic rings. The molecule has 2 N–H and O–H groups in total. The Labute approximate surface area is 75.6 Å². The van der Waals surface area contributed by atoms with Crippen LogP contribution in [0.15, 0.2) is 11.6 Å². The Morgan fingerprint density at radius 3 is 2.38 bits per heavy atom. The van der Waals surface area contributed by atoms with Crippen molar-refractivity contribution < 1.29 is 24.5 Å². The lowest BCUT2D eigenvalue weighted by Gasteiger charge is -2.04. The molecule has 0 saturated heterocycles. The van der Waals surface area contributed by atoms with E-state index in [4.69, 9.17) is 10.2 Å². The average Bonchev–Trinajstić information content (AvgIpc) is 2.01. The first-order valence-corrected chi connectivity index (χ1v) is 3.67. The Kier molecular flexibility index (Phi) is 4.94. The van der Waals surface area contributed by atoms with Crippen LogP contribution in [0.5, 0.6) is 0 Å². The third-order valence-corrected chi connectivity index (χ3v) is 1.05. The Bertz CT molecular complexity index is 227. The molecule has 13 heavy (non-hydrogen) atoms. The normalized spacial score (nSPS) is 11.7. The van der Waals surface area contributed by atoms with Gasteiger partial charge in [-0.1, -0.05) is 5.57 Å². The Hall–Kier alpha value is -1.20. The van der Waals surface area contributed by atoms with Gasteiger partial charge in [-0.3, -0.25) is 0 Å². The van der Waals surface area contributed by atoms with Crippen LogP contribution >= 0.6 is 0 Å². The molecule has 0 aliphatic carbocycles. The third kappa shape index (κ3) is 5.10. The zero-order valence-corrected chi connectivity index (χ0v) is 7.48. The van der Waals surface area contributed by atoms with Crippen molar-refractivity contribution in [3.8, 4) is 0 Å². The lowest BCUT2D eigenvalue weighted by atomic mass is 10.3. The Morgan fingerprint density at radius 1 is 1.46 bits per heavy atom. The van der Waals surface area contributed by atoms with Crippen LogP contribution in [0.4, 0.5) is 0 Å². The smallest absolute Gasteiger partial charge is 0.345 e. The zero-order valence-electron chi connectivity index (χ0n) is 7.48. The molecule has 0 saturated carbocycles. The van der Waals surface area contributed by atoms with E-state index in [1.807, 2.05) is 0 Å². The van der Waals surface area contributed by atoms with Gasteiger partial charge in [-0.25, -0.2) is 9.59 Å². The summed E-state index contributed by atoms with van der Waals surface area (Å²) in [5.41, 5.74) is 0.677. The highest BCUT2D eigenvalue weighted by Gasteiger charge is 2.17. The van der Waals surface area contributed by atoms with Gasteiger partial charge in [0.05, 0.1) is 6.61 Å². The van der Waals surface area contributed by atoms with Crippen LogP contribution < -0.4 is 0 Å². The monoisotopic (exact) mass is 188 g/mol. The van der Waals surface area contributed by atoms with E-state index in [9.17, 15) is 9.59 Å². The SMILES string of the molecule is CC(C)=CC(=O)OC(=O)C(O)CO. The summed E-state index contributed by atoms with van der Waals surface area (Å²) >= 11 is 0. The highest BCUT2D eigenvalue weighted by atomic mass is 16.6. The minimum atomic E-state index is -1.66. The second-order valence-electron chi connectivity index (χ2n) is 2.66. The van der Waals surface area contributed by atoms with E-state index >= 15 is 0 Å². The minimum absolute atomic E-state index is 0.677. The molecule has 0 aromatic heterocycles. The number of allylic oxidation sites excluding steroid dienone is 1. The van der Waals surface area contributed by atoms with Crippen LogP contribution in [0.1, 0.15) is 13.8 Å². The van der Waals surface area contributed by atoms with Gasteiger partial charge in [-0.15, -0.1) is 0 Å². The first kappa shape index (κ1) is 11.8. The van der Waals surface area contributed by atoms with Crippen LogP contribution in [-0.4, -0.2) is 34.9 Å². The predicted octanol–water partition coefficient (Wildman–Crippen LogP) is -0.624. The maximum Gasteiger partial charge on any atom is 0.345 e. The fraction of sp³-hybridized carbons (Fsp3) is 0.500. The zero-order chi connectivity index (χ0) is 10.4. The molecule has 74 valence electrons. The summed E-state index contributed by atoms with van der Waals surface area (Å²) in [6, 6.07) is 0. The van der Waals surface area contributed by atoms with Crippen molar-refractivity contribution in [2.75, 3.05) is 6.61 Å². The van der Waals surface area contributed by atoms with Gasteiger partial charge < -0.3 is 14.9 Å². The number of aliphatic hydroxyl groups is 2. The highest BCUT2D eigenvalue weighted by molar-refractivity contribution is 5.93. The van der Waals surface area contributed by atoms with Gasteiger partial charge in [0.25, 0.3) is 0 Å². The molecule has 0 heterocycles. The van der Waals surface area contributed by atoms with E-state index in [2.05, 4.69) is 4.74 Å². The van der Waals surface area contributed by atoms with E-state index < -0.39 is 24.6 Å². The van der Waals surface area contributed by atoms with E-state index in [-0.39, 0.29) is 0 Å². The topological polar surface area (TPSA) is 83.8 Å². The molecule has 0 aromatic carbocycles. The summed E-state index contributed by atoms with van der Waals surface area (Å²) in [4.78, 5) is 21.5. The number of carbonyl (C=O) groups excluding carboxylic acids is 2. The van der Waals surface area contributed by atoms with Crippen LogP contribution in [0.3, 0.4) is 0 Å². The van der Waals surface area contributed by atoms with E-state index in [1.165, 1.54) is 0 Å². The maximum atomic E-state index is 10.8. The van der Waals surface area contributed by atoms with Crippen molar-refractivity contribution in [2.24, 2.45) is 0 Å². The number of hydrogen-bond donors (Lipinski definition) is 2. The molecule has 0 fully saturated rings. The number of carbonyl (C=O) groups is 2. The molecular formula is C8H12O5. The van der Waals surface area contributed by atoms with Gasteiger partial charge in [-0.05, 0) is 13.8 Å². The molecule has 1 atom stereocenters. The molecule has 0 radical (unpaired) electrons. The average molecular weight is 188 g/mol. The van der Waals surface area contributed by atoms with Gasteiger partial charge >= 0.3 is 11.9 Å². The number of aliphatic hydroxyl groups excluding tert-OH is 2. The Balaban J connectivity index is 4.07. The summed E-state index contributed by atoms with van der Waals surface area (Å²) in [7, 11) is 0. The minimum Gasteiger partial charge on any atom is -0.393 e. The van der Waals surface area contributed by atoms with E-state index in [1.54, 1.807) is 13.8 Å². The van der Waals surface area contributed by atoms with Crippen molar-refractivity contribution in [1.29, 1.82) is 0 Å². The second kappa shape index (κ2) is 5.45. The van der Waals surface area contributed by atoms with Crippen LogP contribution in [-0.2, 0) is 14.3 Å². The van der Waals surface area contributed by atoms with Gasteiger partial charge in [0.15, 0.2) is 6.10 Å². The number of esters is 2. The molecule has 0 rings (SSSR count). The molecule has 0 aliphatic rings. The number of rotatable bonds is 3. The standard InChI is InChI=1S/C8H12O5/c1-5(2)3-7(11)13-8(12)6(10)4-9/h3,6,9-10H,4H2,1-2H3. The lowest BCUT2D eigenvalue weighted by Crippen LogP contribution is -2.28. The van der Waals surface area contributed by atoms with Gasteiger partial charge in [0, 0.05) is 6.08 Å². The summed E-state index contributed by atoms with van der Waals surface area (Å²) in [6.07, 6.45) is -0.545. The summed E-state index contributed by atoms with van der Waals surface area (Å²) in [6.45, 7) is 2.56. The third-order valence-electron chi connectivity index (χ3n) is 1.05. The number of hydrogen-bond acceptors (Lipinski definition) is 5. The fourth-order valence-corrected chi connectivity index (χ4v) is 0.507.